The monoisotopic (exact) mass is 426 g/mol. The molecule has 0 aliphatic carbocycles. The van der Waals surface area contributed by atoms with Gasteiger partial charge in [-0.3, -0.25) is 0 Å². The van der Waals surface area contributed by atoms with E-state index in [1.165, 1.54) is 0 Å². The average Bonchev–Trinajstić information content (AvgIpc) is 2.72. The molecule has 10 atom stereocenters. The maximum absolute atomic E-state index is 10.5. The molecule has 2 saturated heterocycles. The zero-order valence-electron chi connectivity index (χ0n) is 16.5. The molecule has 2 heterocycles. The van der Waals surface area contributed by atoms with Gasteiger partial charge in [0.2, 0.25) is 0 Å². The van der Waals surface area contributed by atoms with E-state index in [1.807, 2.05) is 0 Å². The van der Waals surface area contributed by atoms with Crippen molar-refractivity contribution in [1.29, 1.82) is 0 Å². The summed E-state index contributed by atoms with van der Waals surface area (Å²) in [6.07, 6.45) is -10.5. The molecular weight excluding hydrogens is 392 g/mol. The Balaban J connectivity index is 1.98. The van der Waals surface area contributed by atoms with Gasteiger partial charge in [-0.2, -0.15) is 0 Å². The van der Waals surface area contributed by atoms with Gasteiger partial charge in [0.15, 0.2) is 12.6 Å². The molecule has 0 aromatic rings. The molecule has 0 aromatic heterocycles. The van der Waals surface area contributed by atoms with Crippen LogP contribution in [0.3, 0.4) is 0 Å². The lowest BCUT2D eigenvalue weighted by Gasteiger charge is -2.45. The second kappa shape index (κ2) is 11.8. The molecule has 0 saturated carbocycles. The van der Waals surface area contributed by atoms with Crippen LogP contribution in [0.1, 0.15) is 32.6 Å². The third-order valence-corrected chi connectivity index (χ3v) is 5.24. The third kappa shape index (κ3) is 6.05. The van der Waals surface area contributed by atoms with Gasteiger partial charge in [-0.15, -0.1) is 0 Å². The highest BCUT2D eigenvalue weighted by molar-refractivity contribution is 4.94. The van der Waals surface area contributed by atoms with Crippen molar-refractivity contribution >= 4 is 0 Å². The SMILES string of the molecule is CCCCCCO[C@H]1O[C@H](CO)[C@@H](O[C@H]2O[C@H](CO)[C@@H](O)[C@H](O)[C@H]2O)[C@H](O)[C@H]1O. The van der Waals surface area contributed by atoms with E-state index in [0.29, 0.717) is 6.61 Å². The molecule has 0 aromatic carbocycles. The van der Waals surface area contributed by atoms with Crippen molar-refractivity contribution in [3.8, 4) is 0 Å². The fraction of sp³-hybridized carbons (Fsp3) is 1.00. The van der Waals surface area contributed by atoms with Gasteiger partial charge in [0, 0.05) is 6.61 Å². The Morgan fingerprint density at radius 2 is 1.31 bits per heavy atom. The van der Waals surface area contributed by atoms with Crippen LogP contribution in [0.5, 0.6) is 0 Å². The maximum atomic E-state index is 10.5. The van der Waals surface area contributed by atoms with Gasteiger partial charge >= 0.3 is 0 Å². The van der Waals surface area contributed by atoms with Crippen LogP contribution in [-0.4, -0.2) is 117 Å². The molecule has 2 aliphatic heterocycles. The average molecular weight is 426 g/mol. The molecule has 0 spiro atoms. The topological polar surface area (TPSA) is 179 Å². The van der Waals surface area contributed by atoms with E-state index in [0.717, 1.165) is 25.7 Å². The Bertz CT molecular complexity index is 463. The molecular formula is C18H34O11. The number of rotatable bonds is 10. The molecule has 29 heavy (non-hydrogen) atoms. The predicted octanol–water partition coefficient (Wildman–Crippen LogP) is -2.79. The summed E-state index contributed by atoms with van der Waals surface area (Å²) in [6, 6.07) is 0. The summed E-state index contributed by atoms with van der Waals surface area (Å²) < 4.78 is 21.7. The minimum atomic E-state index is -1.69. The van der Waals surface area contributed by atoms with E-state index in [-0.39, 0.29) is 0 Å². The van der Waals surface area contributed by atoms with Gasteiger partial charge in [0.05, 0.1) is 13.2 Å². The third-order valence-electron chi connectivity index (χ3n) is 5.24. The van der Waals surface area contributed by atoms with Gasteiger partial charge in [-0.1, -0.05) is 26.2 Å². The first-order chi connectivity index (χ1) is 13.8. The van der Waals surface area contributed by atoms with E-state index in [4.69, 9.17) is 18.9 Å². The molecule has 2 fully saturated rings. The molecule has 0 bridgehead atoms. The van der Waals surface area contributed by atoms with Crippen LogP contribution in [0, 0.1) is 0 Å². The summed E-state index contributed by atoms with van der Waals surface area (Å²) in [5, 5.41) is 69.4. The largest absolute Gasteiger partial charge is 0.394 e. The second-order valence-electron chi connectivity index (χ2n) is 7.44. The van der Waals surface area contributed by atoms with Crippen molar-refractivity contribution < 1.29 is 54.7 Å². The number of hydrogen-bond acceptors (Lipinski definition) is 11. The number of hydrogen-bond donors (Lipinski definition) is 7. The maximum Gasteiger partial charge on any atom is 0.187 e. The Kier molecular flexibility index (Phi) is 10.1. The Morgan fingerprint density at radius 1 is 0.690 bits per heavy atom. The number of aliphatic hydroxyl groups is 7. The number of aliphatic hydroxyl groups excluding tert-OH is 7. The summed E-state index contributed by atoms with van der Waals surface area (Å²) in [7, 11) is 0. The second-order valence-corrected chi connectivity index (χ2v) is 7.44. The molecule has 0 radical (unpaired) electrons. The number of ether oxygens (including phenoxy) is 4. The van der Waals surface area contributed by atoms with Crippen LogP contribution >= 0.6 is 0 Å². The van der Waals surface area contributed by atoms with Crippen LogP contribution in [0.2, 0.25) is 0 Å². The quantitative estimate of drug-likeness (QED) is 0.180. The molecule has 7 N–H and O–H groups in total. The van der Waals surface area contributed by atoms with Gasteiger partial charge in [0.25, 0.3) is 0 Å². The summed E-state index contributed by atoms with van der Waals surface area (Å²) in [6.45, 7) is 1.16. The molecule has 0 amide bonds. The summed E-state index contributed by atoms with van der Waals surface area (Å²) in [5.41, 5.74) is 0. The van der Waals surface area contributed by atoms with Crippen molar-refractivity contribution in [2.45, 2.75) is 94.0 Å². The van der Waals surface area contributed by atoms with E-state index in [1.54, 1.807) is 0 Å². The van der Waals surface area contributed by atoms with Crippen molar-refractivity contribution in [1.82, 2.24) is 0 Å². The zero-order chi connectivity index (χ0) is 21.6. The van der Waals surface area contributed by atoms with Gasteiger partial charge in [-0.05, 0) is 6.42 Å². The molecule has 2 aliphatic rings. The van der Waals surface area contributed by atoms with Crippen LogP contribution in [-0.2, 0) is 18.9 Å². The van der Waals surface area contributed by atoms with Crippen LogP contribution in [0.4, 0.5) is 0 Å². The van der Waals surface area contributed by atoms with E-state index >= 15 is 0 Å². The van der Waals surface area contributed by atoms with E-state index in [9.17, 15) is 35.7 Å². The van der Waals surface area contributed by atoms with Crippen molar-refractivity contribution in [3.63, 3.8) is 0 Å². The highest BCUT2D eigenvalue weighted by atomic mass is 16.7. The molecule has 2 rings (SSSR count). The fourth-order valence-electron chi connectivity index (χ4n) is 3.42. The lowest BCUT2D eigenvalue weighted by atomic mass is 9.97. The normalized spacial score (nSPS) is 43.4. The van der Waals surface area contributed by atoms with E-state index in [2.05, 4.69) is 6.92 Å². The molecule has 11 heteroatoms. The highest BCUT2D eigenvalue weighted by Gasteiger charge is 2.50. The Labute approximate surface area is 169 Å². The van der Waals surface area contributed by atoms with Gasteiger partial charge in [0.1, 0.15) is 48.8 Å². The number of unbranched alkanes of at least 4 members (excludes halogenated alkanes) is 3. The van der Waals surface area contributed by atoms with Crippen molar-refractivity contribution in [3.05, 3.63) is 0 Å². The predicted molar refractivity (Wildman–Crippen MR) is 96.5 cm³/mol. The van der Waals surface area contributed by atoms with Crippen molar-refractivity contribution in [2.75, 3.05) is 19.8 Å². The Hall–Kier alpha value is -0.440. The smallest absolute Gasteiger partial charge is 0.187 e. The standard InChI is InChI=1S/C18H34O11/c1-2-3-4-5-6-26-17-15(25)13(23)16(10(8-20)28-17)29-18-14(24)12(22)11(21)9(7-19)27-18/h9-25H,2-8H2,1H3/t9-,10-,11-,12+,13-,14-,15-,16-,17+,18-/m1/s1. The van der Waals surface area contributed by atoms with Crippen molar-refractivity contribution in [2.24, 2.45) is 0 Å². The summed E-state index contributed by atoms with van der Waals surface area (Å²) in [4.78, 5) is 0. The lowest BCUT2D eigenvalue weighted by Crippen LogP contribution is -2.64. The van der Waals surface area contributed by atoms with Crippen LogP contribution in [0.25, 0.3) is 0 Å². The zero-order valence-corrected chi connectivity index (χ0v) is 16.5. The first kappa shape index (κ1) is 24.8. The summed E-state index contributed by atoms with van der Waals surface area (Å²) >= 11 is 0. The lowest BCUT2D eigenvalue weighted by molar-refractivity contribution is -0.359. The summed E-state index contributed by atoms with van der Waals surface area (Å²) in [5.74, 6) is 0. The van der Waals surface area contributed by atoms with Gasteiger partial charge in [-0.25, -0.2) is 0 Å². The Morgan fingerprint density at radius 3 is 1.93 bits per heavy atom. The van der Waals surface area contributed by atoms with Gasteiger partial charge < -0.3 is 54.7 Å². The first-order valence-electron chi connectivity index (χ1n) is 10.1. The molecule has 0 unspecified atom stereocenters. The van der Waals surface area contributed by atoms with Crippen LogP contribution < -0.4 is 0 Å². The highest BCUT2D eigenvalue weighted by Crippen LogP contribution is 2.29. The molecule has 11 nitrogen and oxygen atoms in total. The first-order valence-corrected chi connectivity index (χ1v) is 10.1. The minimum Gasteiger partial charge on any atom is -0.394 e. The fourth-order valence-corrected chi connectivity index (χ4v) is 3.42. The van der Waals surface area contributed by atoms with E-state index < -0.39 is 74.6 Å². The van der Waals surface area contributed by atoms with Crippen LogP contribution in [0.15, 0.2) is 0 Å². The minimum absolute atomic E-state index is 0.310. The molecule has 172 valence electrons.